The topological polar surface area (TPSA) is 69.8 Å². The Balaban J connectivity index is 2.11. The van der Waals surface area contributed by atoms with Gasteiger partial charge in [-0.3, -0.25) is 4.79 Å². The van der Waals surface area contributed by atoms with Crippen molar-refractivity contribution >= 4 is 22.6 Å². The van der Waals surface area contributed by atoms with Crippen LogP contribution in [0.1, 0.15) is 19.2 Å². The van der Waals surface area contributed by atoms with Crippen molar-refractivity contribution in [3.05, 3.63) is 24.0 Å². The number of nitrogens with zero attached hydrogens (tertiary/aromatic N) is 1. The number of benzene rings is 1. The Morgan fingerprint density at radius 1 is 1.44 bits per heavy atom. The fraction of sp³-hybridized carbons (Fsp3) is 0.385. The lowest BCUT2D eigenvalue weighted by Crippen LogP contribution is -2.18. The number of aryl methyl sites for hydroxylation is 1. The zero-order valence-corrected chi connectivity index (χ0v) is 10.7. The molecule has 0 radical (unpaired) electrons. The number of aromatic amines is 1. The summed E-state index contributed by atoms with van der Waals surface area (Å²) < 4.78 is 0. The molecule has 2 rings (SSSR count). The molecule has 0 unspecified atom stereocenters. The zero-order chi connectivity index (χ0) is 13.0. The minimum Gasteiger partial charge on any atom is -0.342 e. The van der Waals surface area contributed by atoms with E-state index in [0.717, 1.165) is 29.0 Å². The first-order valence-electron chi connectivity index (χ1n) is 6.16. The summed E-state index contributed by atoms with van der Waals surface area (Å²) >= 11 is 0. The van der Waals surface area contributed by atoms with Gasteiger partial charge in [-0.25, -0.2) is 4.98 Å². The van der Waals surface area contributed by atoms with E-state index in [1.54, 1.807) is 0 Å². The molecule has 0 aliphatic carbocycles. The van der Waals surface area contributed by atoms with E-state index in [-0.39, 0.29) is 5.91 Å². The Morgan fingerprint density at radius 2 is 2.28 bits per heavy atom. The highest BCUT2D eigenvalue weighted by atomic mass is 16.1. The van der Waals surface area contributed by atoms with Gasteiger partial charge in [-0.05, 0) is 25.2 Å². The lowest BCUT2D eigenvalue weighted by Gasteiger charge is -2.04. The van der Waals surface area contributed by atoms with Crippen LogP contribution >= 0.6 is 0 Å². The summed E-state index contributed by atoms with van der Waals surface area (Å²) in [6, 6.07) is 5.71. The van der Waals surface area contributed by atoms with Crippen molar-refractivity contribution in [3.63, 3.8) is 0 Å². The van der Waals surface area contributed by atoms with Gasteiger partial charge in [-0.1, -0.05) is 6.92 Å². The van der Waals surface area contributed by atoms with Gasteiger partial charge in [0.1, 0.15) is 5.82 Å². The first kappa shape index (κ1) is 12.6. The third-order valence-electron chi connectivity index (χ3n) is 2.75. The second kappa shape index (κ2) is 5.64. The monoisotopic (exact) mass is 246 g/mol. The van der Waals surface area contributed by atoms with E-state index in [2.05, 4.69) is 27.5 Å². The SMILES string of the molecule is CCc1nc2ccc(NC(=O)CCNC)cc2[nH]1. The maximum atomic E-state index is 11.6. The van der Waals surface area contributed by atoms with E-state index >= 15 is 0 Å². The van der Waals surface area contributed by atoms with E-state index in [1.165, 1.54) is 0 Å². The van der Waals surface area contributed by atoms with Gasteiger partial charge in [-0.2, -0.15) is 0 Å². The van der Waals surface area contributed by atoms with Crippen LogP contribution in [0.4, 0.5) is 5.69 Å². The highest BCUT2D eigenvalue weighted by Crippen LogP contribution is 2.17. The van der Waals surface area contributed by atoms with Gasteiger partial charge in [0.05, 0.1) is 11.0 Å². The van der Waals surface area contributed by atoms with Crippen molar-refractivity contribution in [1.82, 2.24) is 15.3 Å². The predicted molar refractivity (Wildman–Crippen MR) is 72.6 cm³/mol. The summed E-state index contributed by atoms with van der Waals surface area (Å²) in [7, 11) is 1.83. The van der Waals surface area contributed by atoms with E-state index < -0.39 is 0 Å². The summed E-state index contributed by atoms with van der Waals surface area (Å²) in [5, 5.41) is 5.82. The van der Waals surface area contributed by atoms with Crippen molar-refractivity contribution in [2.75, 3.05) is 18.9 Å². The van der Waals surface area contributed by atoms with Crippen molar-refractivity contribution in [3.8, 4) is 0 Å². The van der Waals surface area contributed by atoms with Gasteiger partial charge < -0.3 is 15.6 Å². The lowest BCUT2D eigenvalue weighted by molar-refractivity contribution is -0.116. The number of fused-ring (bicyclic) bond motifs is 1. The van der Waals surface area contributed by atoms with Crippen LogP contribution in [0.3, 0.4) is 0 Å². The molecule has 0 saturated heterocycles. The van der Waals surface area contributed by atoms with Gasteiger partial charge in [0.25, 0.3) is 0 Å². The second-order valence-corrected chi connectivity index (χ2v) is 4.17. The van der Waals surface area contributed by atoms with Gasteiger partial charge in [0, 0.05) is 25.1 Å². The van der Waals surface area contributed by atoms with Crippen LogP contribution in [0.2, 0.25) is 0 Å². The Kier molecular flexibility index (Phi) is 3.94. The lowest BCUT2D eigenvalue weighted by atomic mass is 10.2. The zero-order valence-electron chi connectivity index (χ0n) is 10.7. The Hall–Kier alpha value is -1.88. The molecule has 0 fully saturated rings. The van der Waals surface area contributed by atoms with E-state index in [9.17, 15) is 4.79 Å². The number of carbonyl (C=O) groups is 1. The molecular formula is C13H18N4O. The number of H-pyrrole nitrogens is 1. The van der Waals surface area contributed by atoms with Gasteiger partial charge in [0.2, 0.25) is 5.91 Å². The number of nitrogens with one attached hydrogen (secondary N) is 3. The first-order chi connectivity index (χ1) is 8.72. The molecule has 0 aliphatic rings. The number of aromatic nitrogens is 2. The van der Waals surface area contributed by atoms with Crippen LogP contribution in [0.25, 0.3) is 11.0 Å². The summed E-state index contributed by atoms with van der Waals surface area (Å²) in [5.74, 6) is 0.975. The fourth-order valence-electron chi connectivity index (χ4n) is 1.77. The van der Waals surface area contributed by atoms with Crippen LogP contribution in [-0.4, -0.2) is 29.5 Å². The Morgan fingerprint density at radius 3 is 3.00 bits per heavy atom. The number of anilines is 1. The van der Waals surface area contributed by atoms with Crippen molar-refractivity contribution < 1.29 is 4.79 Å². The number of amides is 1. The average Bonchev–Trinajstić information content (AvgIpc) is 2.78. The molecule has 1 amide bonds. The molecule has 1 heterocycles. The third kappa shape index (κ3) is 2.87. The number of rotatable bonds is 5. The standard InChI is InChI=1S/C13H18N4O/c1-3-12-16-10-5-4-9(8-11(10)17-12)15-13(18)6-7-14-2/h4-5,8,14H,3,6-7H2,1-2H3,(H,15,18)(H,16,17). The van der Waals surface area contributed by atoms with Crippen molar-refractivity contribution in [2.24, 2.45) is 0 Å². The molecule has 0 saturated carbocycles. The Labute approximate surface area is 106 Å². The quantitative estimate of drug-likeness (QED) is 0.751. The number of imidazole rings is 1. The molecular weight excluding hydrogens is 228 g/mol. The minimum atomic E-state index is 0.0129. The molecule has 0 bridgehead atoms. The fourth-order valence-corrected chi connectivity index (χ4v) is 1.77. The Bertz CT molecular complexity index is 547. The van der Waals surface area contributed by atoms with Crippen molar-refractivity contribution in [1.29, 1.82) is 0 Å². The van der Waals surface area contributed by atoms with Crippen LogP contribution in [-0.2, 0) is 11.2 Å². The van der Waals surface area contributed by atoms with Crippen LogP contribution < -0.4 is 10.6 Å². The maximum Gasteiger partial charge on any atom is 0.225 e. The number of hydrogen-bond acceptors (Lipinski definition) is 3. The largest absolute Gasteiger partial charge is 0.342 e. The van der Waals surface area contributed by atoms with Gasteiger partial charge >= 0.3 is 0 Å². The predicted octanol–water partition coefficient (Wildman–Crippen LogP) is 1.67. The molecule has 0 atom stereocenters. The maximum absolute atomic E-state index is 11.6. The van der Waals surface area contributed by atoms with Crippen LogP contribution in [0, 0.1) is 0 Å². The molecule has 1 aromatic carbocycles. The van der Waals surface area contributed by atoms with E-state index in [4.69, 9.17) is 0 Å². The van der Waals surface area contributed by atoms with Gasteiger partial charge in [-0.15, -0.1) is 0 Å². The second-order valence-electron chi connectivity index (χ2n) is 4.17. The first-order valence-corrected chi connectivity index (χ1v) is 6.16. The minimum absolute atomic E-state index is 0.0129. The third-order valence-corrected chi connectivity index (χ3v) is 2.75. The molecule has 5 nitrogen and oxygen atoms in total. The van der Waals surface area contributed by atoms with Crippen LogP contribution in [0.5, 0.6) is 0 Å². The summed E-state index contributed by atoms with van der Waals surface area (Å²) in [6.45, 7) is 2.73. The normalized spacial score (nSPS) is 10.8. The van der Waals surface area contributed by atoms with Crippen molar-refractivity contribution in [2.45, 2.75) is 19.8 Å². The molecule has 1 aromatic heterocycles. The summed E-state index contributed by atoms with van der Waals surface area (Å²) in [5.41, 5.74) is 2.69. The smallest absolute Gasteiger partial charge is 0.225 e. The molecule has 0 aliphatic heterocycles. The summed E-state index contributed by atoms with van der Waals surface area (Å²) in [4.78, 5) is 19.2. The molecule has 96 valence electrons. The van der Waals surface area contributed by atoms with Crippen LogP contribution in [0.15, 0.2) is 18.2 Å². The summed E-state index contributed by atoms with van der Waals surface area (Å²) in [6.07, 6.45) is 1.34. The highest BCUT2D eigenvalue weighted by molar-refractivity contribution is 5.93. The number of carbonyl (C=O) groups excluding carboxylic acids is 1. The molecule has 3 N–H and O–H groups in total. The highest BCUT2D eigenvalue weighted by Gasteiger charge is 2.05. The molecule has 5 heteroatoms. The molecule has 2 aromatic rings. The number of hydrogen-bond donors (Lipinski definition) is 3. The van der Waals surface area contributed by atoms with E-state index in [0.29, 0.717) is 13.0 Å². The average molecular weight is 246 g/mol. The van der Waals surface area contributed by atoms with E-state index in [1.807, 2.05) is 25.2 Å². The molecule has 0 spiro atoms. The van der Waals surface area contributed by atoms with Gasteiger partial charge in [0.15, 0.2) is 0 Å². The molecule has 18 heavy (non-hydrogen) atoms.